The maximum absolute atomic E-state index is 12.1. The monoisotopic (exact) mass is 968 g/mol. The van der Waals surface area contributed by atoms with Crippen LogP contribution in [0.5, 0.6) is 0 Å². The molecule has 22 nitrogen and oxygen atoms in total. The fourth-order valence-electron chi connectivity index (χ4n) is 5.31. The SMILES string of the molecule is CCN(CC)CC.CCN(CC)CC.CCN(CC)CC.CCN(CC)CC.O=C(O)CCC#Cc1cn([C@H]2C[C@H](O)[C@@H](COP(=O)(O)OP(=O)(O)OP(=O)(O)O)O2)c(=O)[nH]c1=O. The minimum absolute atomic E-state index is 0.0742. The van der Waals surface area contributed by atoms with Gasteiger partial charge in [0.1, 0.15) is 17.9 Å². The second-order valence-electron chi connectivity index (χ2n) is 13.2. The normalized spacial score (nSPS) is 17.7. The number of hydrogen-bond acceptors (Lipinski definition) is 15. The molecule has 7 N–H and O–H groups in total. The molecule has 63 heavy (non-hydrogen) atoms. The second kappa shape index (κ2) is 36.1. The van der Waals surface area contributed by atoms with Gasteiger partial charge in [0.2, 0.25) is 0 Å². The third-order valence-corrected chi connectivity index (χ3v) is 13.2. The lowest BCUT2D eigenvalue weighted by molar-refractivity contribution is -0.136. The van der Waals surface area contributed by atoms with Crippen LogP contribution >= 0.6 is 23.5 Å². The molecule has 1 fully saturated rings. The van der Waals surface area contributed by atoms with Crippen molar-refractivity contribution in [1.82, 2.24) is 29.2 Å². The summed E-state index contributed by atoms with van der Waals surface area (Å²) in [7, 11) is -16.8. The van der Waals surface area contributed by atoms with Crippen molar-refractivity contribution in [3.05, 3.63) is 32.6 Å². The quantitative estimate of drug-likeness (QED) is 0.0635. The number of phosphoric acid groups is 3. The number of carbonyl (C=O) groups is 1. The van der Waals surface area contributed by atoms with Crippen molar-refractivity contribution in [3.63, 3.8) is 0 Å². The number of nitrogens with zero attached hydrogens (tertiary/aromatic N) is 5. The van der Waals surface area contributed by atoms with Crippen LogP contribution in [0.4, 0.5) is 0 Å². The van der Waals surface area contributed by atoms with Crippen LogP contribution in [0.1, 0.15) is 114 Å². The van der Waals surface area contributed by atoms with E-state index in [1.54, 1.807) is 0 Å². The van der Waals surface area contributed by atoms with E-state index in [4.69, 9.17) is 24.5 Å². The van der Waals surface area contributed by atoms with Crippen molar-refractivity contribution in [1.29, 1.82) is 0 Å². The number of carboxylic acids is 1. The zero-order valence-corrected chi connectivity index (χ0v) is 42.1. The average molecular weight is 969 g/mol. The minimum atomic E-state index is -5.74. The smallest absolute Gasteiger partial charge is 0.481 e. The molecule has 5 atom stereocenters. The highest BCUT2D eigenvalue weighted by Crippen LogP contribution is 2.66. The second-order valence-corrected chi connectivity index (χ2v) is 17.6. The summed E-state index contributed by atoms with van der Waals surface area (Å²) in [4.78, 5) is 81.6. The Labute approximate surface area is 374 Å². The van der Waals surface area contributed by atoms with Crippen molar-refractivity contribution in [3.8, 4) is 11.8 Å². The number of phosphoric ester groups is 1. The zero-order valence-electron chi connectivity index (χ0n) is 39.5. The maximum atomic E-state index is 12.1. The summed E-state index contributed by atoms with van der Waals surface area (Å²) < 4.78 is 51.5. The molecule has 1 aliphatic rings. The number of nitrogens with one attached hydrogen (secondary N) is 1. The highest BCUT2D eigenvalue weighted by molar-refractivity contribution is 7.66. The molecule has 0 spiro atoms. The number of aliphatic hydroxyl groups excluding tert-OH is 1. The van der Waals surface area contributed by atoms with Crippen molar-refractivity contribution >= 4 is 29.4 Å². The van der Waals surface area contributed by atoms with Gasteiger partial charge in [-0.25, -0.2) is 18.5 Å². The molecule has 2 unspecified atom stereocenters. The van der Waals surface area contributed by atoms with Crippen LogP contribution in [0.15, 0.2) is 15.8 Å². The van der Waals surface area contributed by atoms with Gasteiger partial charge >= 0.3 is 35.1 Å². The highest BCUT2D eigenvalue weighted by atomic mass is 31.3. The Kier molecular flexibility index (Phi) is 37.3. The Morgan fingerprint density at radius 1 is 0.730 bits per heavy atom. The molecule has 372 valence electrons. The average Bonchev–Trinajstić information content (AvgIpc) is 3.58. The Bertz CT molecular complexity index is 1620. The summed E-state index contributed by atoms with van der Waals surface area (Å²) in [5, 5.41) is 18.7. The lowest BCUT2D eigenvalue weighted by atomic mass is 10.2. The van der Waals surface area contributed by atoms with E-state index < -0.39 is 65.7 Å². The number of aromatic amines is 1. The van der Waals surface area contributed by atoms with E-state index in [0.29, 0.717) is 0 Å². The number of aliphatic carboxylic acids is 1. The first-order valence-electron chi connectivity index (χ1n) is 21.4. The molecule has 25 heteroatoms. The molecular weight excluding hydrogens is 889 g/mol. The summed E-state index contributed by atoms with van der Waals surface area (Å²) in [6, 6.07) is 0. The van der Waals surface area contributed by atoms with Gasteiger partial charge in [0, 0.05) is 19.0 Å². The molecule has 1 aliphatic heterocycles. The summed E-state index contributed by atoms with van der Waals surface area (Å²) in [5.41, 5.74) is -2.04. The summed E-state index contributed by atoms with van der Waals surface area (Å²) in [5.74, 6) is 3.74. The molecule has 1 aromatic rings. The largest absolute Gasteiger partial charge is 0.490 e. The lowest BCUT2D eigenvalue weighted by Gasteiger charge is -2.19. The van der Waals surface area contributed by atoms with Crippen molar-refractivity contribution in [2.45, 2.75) is 121 Å². The van der Waals surface area contributed by atoms with Gasteiger partial charge in [0.15, 0.2) is 0 Å². The standard InChI is InChI=1S/C14H19N2O16P3.4C6H15N/c17-9-5-11(16-6-8(13(20)15-14(16)21)3-1-2-4-12(18)19)30-10(9)7-29-34(25,26)32-35(27,28)31-33(22,23)24;4*1-4-7(5-2)6-3/h6,9-11,17H,2,4-5,7H2,(H,18,19)(H,25,26)(H,27,28)(H,15,20,21)(H2,22,23,24);4*4-6H2,1-3H3/t9-,10+,11+;;;;/m0..../s1. The van der Waals surface area contributed by atoms with Crippen LogP contribution in [0, 0.1) is 11.8 Å². The van der Waals surface area contributed by atoms with Gasteiger partial charge in [0.05, 0.1) is 19.1 Å². The van der Waals surface area contributed by atoms with Crippen molar-refractivity contribution in [2.24, 2.45) is 0 Å². The summed E-state index contributed by atoms with van der Waals surface area (Å²) in [6.07, 6.45) is -3.71. The van der Waals surface area contributed by atoms with E-state index in [0.717, 1.165) is 10.8 Å². The van der Waals surface area contributed by atoms with Crippen molar-refractivity contribution in [2.75, 3.05) is 85.1 Å². The molecular formula is C38H79N6O16P3. The van der Waals surface area contributed by atoms with Gasteiger partial charge < -0.3 is 54.1 Å². The highest BCUT2D eigenvalue weighted by Gasteiger charge is 2.43. The first kappa shape index (κ1) is 65.2. The summed E-state index contributed by atoms with van der Waals surface area (Å²) >= 11 is 0. The van der Waals surface area contributed by atoms with Crippen LogP contribution in [0.25, 0.3) is 0 Å². The molecule has 0 bridgehead atoms. The Balaban J connectivity index is -0.00000103. The molecule has 2 heterocycles. The lowest BCUT2D eigenvalue weighted by Crippen LogP contribution is -2.33. The number of rotatable bonds is 22. The first-order valence-corrected chi connectivity index (χ1v) is 26.0. The molecule has 0 aliphatic carbocycles. The third-order valence-electron chi connectivity index (χ3n) is 9.35. The molecule has 2 rings (SSSR count). The van der Waals surface area contributed by atoms with Crippen LogP contribution in [-0.2, 0) is 36.4 Å². The molecule has 0 aromatic carbocycles. The van der Waals surface area contributed by atoms with Crippen LogP contribution < -0.4 is 11.2 Å². The number of aliphatic hydroxyl groups is 1. The third kappa shape index (κ3) is 32.2. The zero-order chi connectivity index (χ0) is 49.4. The molecule has 1 aromatic heterocycles. The van der Waals surface area contributed by atoms with Gasteiger partial charge in [-0.1, -0.05) is 94.9 Å². The van der Waals surface area contributed by atoms with Crippen LogP contribution in [0.2, 0.25) is 0 Å². The van der Waals surface area contributed by atoms with E-state index in [-0.39, 0.29) is 24.8 Å². The summed E-state index contributed by atoms with van der Waals surface area (Å²) in [6.45, 7) is 39.5. The van der Waals surface area contributed by atoms with Gasteiger partial charge in [-0.15, -0.1) is 0 Å². The fourth-order valence-corrected chi connectivity index (χ4v) is 8.34. The first-order chi connectivity index (χ1) is 29.4. The number of aromatic nitrogens is 2. The van der Waals surface area contributed by atoms with Crippen LogP contribution in [-0.4, -0.2) is 162 Å². The Morgan fingerprint density at radius 2 is 1.13 bits per heavy atom. The number of H-pyrrole nitrogens is 1. The van der Waals surface area contributed by atoms with E-state index in [9.17, 15) is 38.1 Å². The van der Waals surface area contributed by atoms with E-state index in [1.807, 2.05) is 4.98 Å². The number of hydrogen-bond donors (Lipinski definition) is 7. The molecule has 0 saturated carbocycles. The number of carboxylic acid groups (broad SMARTS) is 1. The Morgan fingerprint density at radius 3 is 1.46 bits per heavy atom. The molecule has 0 amide bonds. The predicted octanol–water partition coefficient (Wildman–Crippen LogP) is 4.14. The Hall–Kier alpha value is -2.12. The molecule has 1 saturated heterocycles. The van der Waals surface area contributed by atoms with Gasteiger partial charge in [0.25, 0.3) is 5.56 Å². The van der Waals surface area contributed by atoms with E-state index in [1.165, 1.54) is 78.5 Å². The number of ether oxygens (including phenoxy) is 1. The maximum Gasteiger partial charge on any atom is 0.490 e. The van der Waals surface area contributed by atoms with E-state index in [2.05, 4.69) is 128 Å². The van der Waals surface area contributed by atoms with Crippen LogP contribution in [0.3, 0.4) is 0 Å². The topological polar surface area (TPSA) is 294 Å². The van der Waals surface area contributed by atoms with Crippen molar-refractivity contribution < 1.29 is 66.2 Å². The molecule has 0 radical (unpaired) electrons. The van der Waals surface area contributed by atoms with Gasteiger partial charge in [-0.2, -0.15) is 8.62 Å². The fraction of sp³-hybridized carbons (Fsp3) is 0.816. The minimum Gasteiger partial charge on any atom is -0.481 e. The predicted molar refractivity (Wildman–Crippen MR) is 243 cm³/mol. The van der Waals surface area contributed by atoms with E-state index >= 15 is 0 Å². The van der Waals surface area contributed by atoms with Gasteiger partial charge in [-0.3, -0.25) is 23.7 Å². The van der Waals surface area contributed by atoms with Gasteiger partial charge in [-0.05, 0) is 78.5 Å².